The van der Waals surface area contributed by atoms with Crippen LogP contribution < -0.4 is 0 Å². The number of epoxide rings is 1. The quantitative estimate of drug-likeness (QED) is 0.679. The molecule has 3 heteroatoms. The first kappa shape index (κ1) is 7.59. The molecule has 1 aromatic carbocycles. The van der Waals surface area contributed by atoms with Crippen molar-refractivity contribution in [2.24, 2.45) is 0 Å². The van der Waals surface area contributed by atoms with Crippen molar-refractivity contribution in [2.45, 2.75) is 6.10 Å². The van der Waals surface area contributed by atoms with Gasteiger partial charge in [0.1, 0.15) is 6.10 Å². The molecule has 1 saturated heterocycles. The molecule has 0 radical (unpaired) electrons. The fourth-order valence-corrected chi connectivity index (χ4v) is 1.79. The molecule has 0 aliphatic carbocycles. The van der Waals surface area contributed by atoms with Crippen LogP contribution >= 0.6 is 27.5 Å². The van der Waals surface area contributed by atoms with Gasteiger partial charge in [0.2, 0.25) is 0 Å². The van der Waals surface area contributed by atoms with Gasteiger partial charge in [-0.05, 0) is 12.1 Å². The van der Waals surface area contributed by atoms with Gasteiger partial charge in [0.05, 0.1) is 6.61 Å². The molecule has 1 atom stereocenters. The highest BCUT2D eigenvalue weighted by molar-refractivity contribution is 9.10. The van der Waals surface area contributed by atoms with E-state index in [1.54, 1.807) is 0 Å². The first-order chi connectivity index (χ1) is 5.27. The van der Waals surface area contributed by atoms with Gasteiger partial charge < -0.3 is 4.74 Å². The van der Waals surface area contributed by atoms with Gasteiger partial charge >= 0.3 is 0 Å². The van der Waals surface area contributed by atoms with Crippen LogP contribution in [0, 0.1) is 0 Å². The Morgan fingerprint density at radius 1 is 1.55 bits per heavy atom. The van der Waals surface area contributed by atoms with E-state index in [1.165, 1.54) is 0 Å². The molecular formula is C8H6BrClO. The van der Waals surface area contributed by atoms with Gasteiger partial charge in [-0.25, -0.2) is 0 Å². The van der Waals surface area contributed by atoms with Gasteiger partial charge in [0, 0.05) is 15.1 Å². The Labute approximate surface area is 78.4 Å². The van der Waals surface area contributed by atoms with Gasteiger partial charge in [-0.1, -0.05) is 33.6 Å². The van der Waals surface area contributed by atoms with Crippen LogP contribution in [0.1, 0.15) is 11.7 Å². The summed E-state index contributed by atoms with van der Waals surface area (Å²) in [4.78, 5) is 0. The summed E-state index contributed by atoms with van der Waals surface area (Å²) in [5.41, 5.74) is 1.09. The van der Waals surface area contributed by atoms with Crippen LogP contribution in [-0.4, -0.2) is 6.61 Å². The number of rotatable bonds is 1. The van der Waals surface area contributed by atoms with E-state index in [0.717, 1.165) is 21.7 Å². The molecule has 1 aliphatic heterocycles. The van der Waals surface area contributed by atoms with Crippen molar-refractivity contribution in [1.82, 2.24) is 0 Å². The molecular weight excluding hydrogens is 227 g/mol. The highest BCUT2D eigenvalue weighted by atomic mass is 79.9. The van der Waals surface area contributed by atoms with Crippen LogP contribution in [0.4, 0.5) is 0 Å². The second-order valence-electron chi connectivity index (χ2n) is 2.49. The Bertz CT molecular complexity index is 283. The third-order valence-corrected chi connectivity index (χ3v) is 2.46. The van der Waals surface area contributed by atoms with Gasteiger partial charge in [-0.15, -0.1) is 0 Å². The first-order valence-electron chi connectivity index (χ1n) is 3.34. The summed E-state index contributed by atoms with van der Waals surface area (Å²) < 4.78 is 6.12. The Kier molecular flexibility index (Phi) is 1.91. The van der Waals surface area contributed by atoms with Crippen LogP contribution in [0.5, 0.6) is 0 Å². The number of hydrogen-bond donors (Lipinski definition) is 0. The topological polar surface area (TPSA) is 12.5 Å². The zero-order chi connectivity index (χ0) is 7.84. The summed E-state index contributed by atoms with van der Waals surface area (Å²) in [6.45, 7) is 0.807. The maximum absolute atomic E-state index is 5.95. The Morgan fingerprint density at radius 3 is 2.82 bits per heavy atom. The zero-order valence-corrected chi connectivity index (χ0v) is 8.02. The zero-order valence-electron chi connectivity index (χ0n) is 5.68. The lowest BCUT2D eigenvalue weighted by Crippen LogP contribution is -1.81. The molecule has 1 nitrogen and oxygen atoms in total. The van der Waals surface area contributed by atoms with Crippen molar-refractivity contribution in [2.75, 3.05) is 6.61 Å². The van der Waals surface area contributed by atoms with Gasteiger partial charge in [0.25, 0.3) is 0 Å². The van der Waals surface area contributed by atoms with E-state index in [4.69, 9.17) is 16.3 Å². The second kappa shape index (κ2) is 2.77. The van der Waals surface area contributed by atoms with Crippen molar-refractivity contribution >= 4 is 27.5 Å². The maximum Gasteiger partial charge on any atom is 0.107 e. The summed E-state index contributed by atoms with van der Waals surface area (Å²) >= 11 is 9.30. The van der Waals surface area contributed by atoms with Gasteiger partial charge in [-0.3, -0.25) is 0 Å². The molecule has 0 N–H and O–H groups in total. The molecule has 1 aliphatic rings. The van der Waals surface area contributed by atoms with Crippen molar-refractivity contribution < 1.29 is 4.74 Å². The largest absolute Gasteiger partial charge is 0.368 e. The Morgan fingerprint density at radius 2 is 2.27 bits per heavy atom. The number of hydrogen-bond acceptors (Lipinski definition) is 1. The monoisotopic (exact) mass is 232 g/mol. The second-order valence-corrected chi connectivity index (χ2v) is 3.81. The van der Waals surface area contributed by atoms with E-state index in [0.29, 0.717) is 0 Å². The van der Waals surface area contributed by atoms with Crippen molar-refractivity contribution in [1.29, 1.82) is 0 Å². The summed E-state index contributed by atoms with van der Waals surface area (Å²) in [5.74, 6) is 0. The van der Waals surface area contributed by atoms with E-state index in [9.17, 15) is 0 Å². The van der Waals surface area contributed by atoms with Crippen LogP contribution in [0.25, 0.3) is 0 Å². The smallest absolute Gasteiger partial charge is 0.107 e. The van der Waals surface area contributed by atoms with Crippen molar-refractivity contribution in [3.05, 3.63) is 33.3 Å². The number of halogens is 2. The maximum atomic E-state index is 5.95. The van der Waals surface area contributed by atoms with Gasteiger partial charge in [-0.2, -0.15) is 0 Å². The van der Waals surface area contributed by atoms with Crippen LogP contribution in [0.2, 0.25) is 5.02 Å². The van der Waals surface area contributed by atoms with E-state index in [2.05, 4.69) is 15.9 Å². The van der Waals surface area contributed by atoms with Crippen LogP contribution in [-0.2, 0) is 4.74 Å². The third kappa shape index (κ3) is 1.58. The molecule has 0 bridgehead atoms. The number of ether oxygens (including phenoxy) is 1. The van der Waals surface area contributed by atoms with Crippen molar-refractivity contribution in [3.8, 4) is 0 Å². The van der Waals surface area contributed by atoms with E-state index in [1.807, 2.05) is 18.2 Å². The normalized spacial score (nSPS) is 21.8. The average Bonchev–Trinajstić information content (AvgIpc) is 2.70. The minimum Gasteiger partial charge on any atom is -0.368 e. The molecule has 1 fully saturated rings. The lowest BCUT2D eigenvalue weighted by molar-refractivity contribution is 0.415. The van der Waals surface area contributed by atoms with E-state index in [-0.39, 0.29) is 6.10 Å². The average molecular weight is 233 g/mol. The lowest BCUT2D eigenvalue weighted by atomic mass is 10.2. The van der Waals surface area contributed by atoms with E-state index < -0.39 is 0 Å². The van der Waals surface area contributed by atoms with Crippen LogP contribution in [0.15, 0.2) is 22.7 Å². The third-order valence-electron chi connectivity index (χ3n) is 1.64. The molecule has 0 amide bonds. The minimum atomic E-state index is 0.246. The molecule has 0 aromatic heterocycles. The van der Waals surface area contributed by atoms with E-state index >= 15 is 0 Å². The molecule has 2 rings (SSSR count). The summed E-state index contributed by atoms with van der Waals surface area (Å²) in [5, 5.41) is 0.780. The van der Waals surface area contributed by atoms with Crippen molar-refractivity contribution in [3.63, 3.8) is 0 Å². The highest BCUT2D eigenvalue weighted by Gasteiger charge is 2.26. The predicted octanol–water partition coefficient (Wildman–Crippen LogP) is 3.17. The summed E-state index contributed by atoms with van der Waals surface area (Å²) in [7, 11) is 0. The number of benzene rings is 1. The fourth-order valence-electron chi connectivity index (χ4n) is 0.990. The SMILES string of the molecule is Clc1cc(Br)ccc1[C@H]1CO1. The molecule has 58 valence electrons. The summed E-state index contributed by atoms with van der Waals surface area (Å²) in [6.07, 6.45) is 0.246. The standard InChI is InChI=1S/C8H6BrClO/c9-5-1-2-6(7(10)3-5)8-4-11-8/h1-3,8H,4H2/t8-/m1/s1. The molecule has 0 unspecified atom stereocenters. The first-order valence-corrected chi connectivity index (χ1v) is 4.51. The molecule has 11 heavy (non-hydrogen) atoms. The van der Waals surface area contributed by atoms with Gasteiger partial charge in [0.15, 0.2) is 0 Å². The Balaban J connectivity index is 2.39. The summed E-state index contributed by atoms with van der Waals surface area (Å²) in [6, 6.07) is 5.85. The molecule has 0 saturated carbocycles. The molecule has 1 aromatic rings. The Hall–Kier alpha value is -0.0500. The fraction of sp³-hybridized carbons (Fsp3) is 0.250. The molecule has 1 heterocycles. The van der Waals surface area contributed by atoms with Crippen LogP contribution in [0.3, 0.4) is 0 Å². The highest BCUT2D eigenvalue weighted by Crippen LogP contribution is 2.35. The lowest BCUT2D eigenvalue weighted by Gasteiger charge is -1.99. The minimum absolute atomic E-state index is 0.246. The molecule has 0 spiro atoms. The predicted molar refractivity (Wildman–Crippen MR) is 47.8 cm³/mol.